The Morgan fingerprint density at radius 3 is 2.38 bits per heavy atom. The van der Waals surface area contributed by atoms with Crippen LogP contribution in [0, 0.1) is 10.8 Å². The largest absolute Gasteiger partial charge is 0.385 e. The fraction of sp³-hybridized carbons (Fsp3) is 0.700. The molecule has 0 aromatic heterocycles. The standard InChI is InChI=1S/C10H21N3/c1-5-6-13-9(12)7-8(11)10(2,3)4/h7,11,13H,5-6,12H2,1-4H3/b9-7-,11-8?. The summed E-state index contributed by atoms with van der Waals surface area (Å²) in [4.78, 5) is 0. The summed E-state index contributed by atoms with van der Waals surface area (Å²) < 4.78 is 0. The second-order valence-electron chi connectivity index (χ2n) is 4.19. The molecule has 0 atom stereocenters. The van der Waals surface area contributed by atoms with E-state index in [-0.39, 0.29) is 5.41 Å². The maximum absolute atomic E-state index is 7.71. The summed E-state index contributed by atoms with van der Waals surface area (Å²) in [6.07, 6.45) is 2.73. The van der Waals surface area contributed by atoms with Crippen molar-refractivity contribution in [3.05, 3.63) is 11.9 Å². The Labute approximate surface area is 80.9 Å². The highest BCUT2D eigenvalue weighted by Crippen LogP contribution is 2.15. The van der Waals surface area contributed by atoms with E-state index in [1.807, 2.05) is 20.8 Å². The van der Waals surface area contributed by atoms with E-state index in [4.69, 9.17) is 11.1 Å². The topological polar surface area (TPSA) is 61.9 Å². The quantitative estimate of drug-likeness (QED) is 0.582. The first-order valence-corrected chi connectivity index (χ1v) is 4.68. The summed E-state index contributed by atoms with van der Waals surface area (Å²) in [5, 5.41) is 10.7. The maximum Gasteiger partial charge on any atom is 0.0978 e. The van der Waals surface area contributed by atoms with Crippen LogP contribution in [0.1, 0.15) is 34.1 Å². The van der Waals surface area contributed by atoms with Crippen molar-refractivity contribution in [2.24, 2.45) is 11.1 Å². The predicted octanol–water partition coefficient (Wildman–Crippen LogP) is 1.85. The van der Waals surface area contributed by atoms with E-state index in [2.05, 4.69) is 12.2 Å². The number of nitrogens with two attached hydrogens (primary N) is 1. The lowest BCUT2D eigenvalue weighted by Gasteiger charge is -2.17. The van der Waals surface area contributed by atoms with Gasteiger partial charge in [-0.05, 0) is 12.5 Å². The molecule has 13 heavy (non-hydrogen) atoms. The SMILES string of the molecule is CCCN/C(N)=C\C(=N)C(C)(C)C. The average molecular weight is 183 g/mol. The molecule has 76 valence electrons. The van der Waals surface area contributed by atoms with E-state index < -0.39 is 0 Å². The summed E-state index contributed by atoms with van der Waals surface area (Å²) in [6.45, 7) is 8.94. The fourth-order valence-corrected chi connectivity index (χ4v) is 0.692. The van der Waals surface area contributed by atoms with E-state index in [1.54, 1.807) is 6.08 Å². The fourth-order valence-electron chi connectivity index (χ4n) is 0.692. The Morgan fingerprint density at radius 2 is 2.00 bits per heavy atom. The zero-order valence-electron chi connectivity index (χ0n) is 9.07. The van der Waals surface area contributed by atoms with Crippen LogP contribution in [0.15, 0.2) is 11.9 Å². The molecule has 0 aromatic carbocycles. The third-order valence-corrected chi connectivity index (χ3v) is 1.69. The molecule has 0 rings (SSSR count). The molecule has 0 saturated carbocycles. The molecule has 0 heterocycles. The summed E-state index contributed by atoms with van der Waals surface area (Å²) in [6, 6.07) is 0. The van der Waals surface area contributed by atoms with Gasteiger partial charge in [0.1, 0.15) is 0 Å². The first kappa shape index (κ1) is 12.0. The highest BCUT2D eigenvalue weighted by molar-refractivity contribution is 5.96. The molecule has 4 N–H and O–H groups in total. The van der Waals surface area contributed by atoms with Crippen LogP contribution in [-0.2, 0) is 0 Å². The summed E-state index contributed by atoms with van der Waals surface area (Å²) in [5.41, 5.74) is 6.09. The van der Waals surface area contributed by atoms with E-state index in [0.717, 1.165) is 13.0 Å². The summed E-state index contributed by atoms with van der Waals surface area (Å²) in [5.74, 6) is 0.585. The van der Waals surface area contributed by atoms with Gasteiger partial charge < -0.3 is 16.5 Å². The molecule has 0 amide bonds. The Hall–Kier alpha value is -0.990. The lowest BCUT2D eigenvalue weighted by molar-refractivity contribution is 0.589. The number of hydrogen-bond donors (Lipinski definition) is 3. The summed E-state index contributed by atoms with van der Waals surface area (Å²) >= 11 is 0. The summed E-state index contributed by atoms with van der Waals surface area (Å²) in [7, 11) is 0. The molecule has 0 aliphatic carbocycles. The monoisotopic (exact) mass is 183 g/mol. The van der Waals surface area contributed by atoms with Gasteiger partial charge in [-0.1, -0.05) is 27.7 Å². The Bertz CT molecular complexity index is 199. The van der Waals surface area contributed by atoms with E-state index in [9.17, 15) is 0 Å². The zero-order valence-corrected chi connectivity index (χ0v) is 9.07. The Kier molecular flexibility index (Phi) is 4.52. The second-order valence-corrected chi connectivity index (χ2v) is 4.19. The van der Waals surface area contributed by atoms with Crippen molar-refractivity contribution in [1.29, 1.82) is 5.41 Å². The normalized spacial score (nSPS) is 12.8. The van der Waals surface area contributed by atoms with Crippen molar-refractivity contribution in [3.63, 3.8) is 0 Å². The molecular weight excluding hydrogens is 162 g/mol. The number of allylic oxidation sites excluding steroid dienone is 1. The van der Waals surface area contributed by atoms with Crippen LogP contribution in [0.25, 0.3) is 0 Å². The first-order chi connectivity index (χ1) is 5.88. The molecule has 0 aliphatic rings. The van der Waals surface area contributed by atoms with E-state index in [1.165, 1.54) is 0 Å². The molecule has 3 heteroatoms. The Morgan fingerprint density at radius 1 is 1.46 bits per heavy atom. The van der Waals surface area contributed by atoms with Gasteiger partial charge in [0.2, 0.25) is 0 Å². The maximum atomic E-state index is 7.71. The van der Waals surface area contributed by atoms with Crippen molar-refractivity contribution in [2.75, 3.05) is 6.54 Å². The van der Waals surface area contributed by atoms with Crippen LogP contribution in [0.2, 0.25) is 0 Å². The molecule has 0 fully saturated rings. The van der Waals surface area contributed by atoms with Crippen LogP contribution in [0.4, 0.5) is 0 Å². The molecule has 0 aliphatic heterocycles. The number of rotatable bonds is 4. The van der Waals surface area contributed by atoms with E-state index in [0.29, 0.717) is 11.5 Å². The number of hydrogen-bond acceptors (Lipinski definition) is 3. The molecule has 0 radical (unpaired) electrons. The molecule has 0 unspecified atom stereocenters. The van der Waals surface area contributed by atoms with Gasteiger partial charge in [-0.2, -0.15) is 0 Å². The van der Waals surface area contributed by atoms with Crippen LogP contribution in [0.3, 0.4) is 0 Å². The molecular formula is C10H21N3. The minimum atomic E-state index is -0.126. The van der Waals surface area contributed by atoms with Gasteiger partial charge in [-0.25, -0.2) is 0 Å². The van der Waals surface area contributed by atoms with Crippen molar-refractivity contribution >= 4 is 5.71 Å². The van der Waals surface area contributed by atoms with E-state index >= 15 is 0 Å². The lowest BCUT2D eigenvalue weighted by atomic mass is 9.90. The number of nitrogens with one attached hydrogen (secondary N) is 2. The third-order valence-electron chi connectivity index (χ3n) is 1.69. The van der Waals surface area contributed by atoms with Gasteiger partial charge in [0.05, 0.1) is 5.82 Å². The first-order valence-electron chi connectivity index (χ1n) is 4.68. The molecule has 0 bridgehead atoms. The Balaban J connectivity index is 4.15. The smallest absolute Gasteiger partial charge is 0.0978 e. The van der Waals surface area contributed by atoms with Crippen molar-refractivity contribution in [1.82, 2.24) is 5.32 Å². The van der Waals surface area contributed by atoms with Crippen molar-refractivity contribution in [2.45, 2.75) is 34.1 Å². The van der Waals surface area contributed by atoms with Crippen LogP contribution < -0.4 is 11.1 Å². The van der Waals surface area contributed by atoms with Crippen molar-refractivity contribution < 1.29 is 0 Å². The molecule has 0 saturated heterocycles. The highest BCUT2D eigenvalue weighted by Gasteiger charge is 2.14. The van der Waals surface area contributed by atoms with Crippen LogP contribution in [-0.4, -0.2) is 12.3 Å². The average Bonchev–Trinajstić information content (AvgIpc) is 1.99. The third kappa shape index (κ3) is 5.28. The minimum absolute atomic E-state index is 0.126. The van der Waals surface area contributed by atoms with Gasteiger partial charge in [-0.15, -0.1) is 0 Å². The predicted molar refractivity (Wildman–Crippen MR) is 57.7 cm³/mol. The second kappa shape index (κ2) is 4.90. The molecule has 0 aromatic rings. The van der Waals surface area contributed by atoms with Crippen molar-refractivity contribution in [3.8, 4) is 0 Å². The molecule has 3 nitrogen and oxygen atoms in total. The zero-order chi connectivity index (χ0) is 10.5. The van der Waals surface area contributed by atoms with Gasteiger partial charge in [0, 0.05) is 17.7 Å². The minimum Gasteiger partial charge on any atom is -0.385 e. The van der Waals surface area contributed by atoms with Crippen LogP contribution in [0.5, 0.6) is 0 Å². The molecule has 0 spiro atoms. The lowest BCUT2D eigenvalue weighted by Crippen LogP contribution is -2.25. The van der Waals surface area contributed by atoms with Gasteiger partial charge in [-0.3, -0.25) is 0 Å². The van der Waals surface area contributed by atoms with Gasteiger partial charge >= 0.3 is 0 Å². The van der Waals surface area contributed by atoms with Gasteiger partial charge in [0.25, 0.3) is 0 Å². The van der Waals surface area contributed by atoms with Gasteiger partial charge in [0.15, 0.2) is 0 Å². The highest BCUT2D eigenvalue weighted by atomic mass is 15.0. The van der Waals surface area contributed by atoms with Crippen LogP contribution >= 0.6 is 0 Å².